The van der Waals surface area contributed by atoms with Crippen LogP contribution in [0.1, 0.15) is 5.01 Å². The van der Waals surface area contributed by atoms with Gasteiger partial charge in [0, 0.05) is 15.6 Å². The first-order valence-corrected chi connectivity index (χ1v) is 6.86. The zero-order valence-corrected chi connectivity index (χ0v) is 11.1. The highest BCUT2D eigenvalue weighted by Gasteiger charge is 2.05. The van der Waals surface area contributed by atoms with Crippen LogP contribution in [-0.2, 0) is 5.75 Å². The third kappa shape index (κ3) is 3.01. The second kappa shape index (κ2) is 5.23. The van der Waals surface area contributed by atoms with E-state index in [9.17, 15) is 0 Å². The quantitative estimate of drug-likeness (QED) is 0.692. The highest BCUT2D eigenvalue weighted by atomic mass is 35.5. The average Bonchev–Trinajstić information content (AvgIpc) is 2.66. The maximum Gasteiger partial charge on any atom is 0.207 e. The van der Waals surface area contributed by atoms with E-state index in [1.165, 1.54) is 11.3 Å². The van der Waals surface area contributed by atoms with Gasteiger partial charge in [-0.25, -0.2) is 0 Å². The van der Waals surface area contributed by atoms with Crippen molar-refractivity contribution in [3.8, 4) is 0 Å². The summed E-state index contributed by atoms with van der Waals surface area (Å²) >= 11 is 14.5. The lowest BCUT2D eigenvalue weighted by atomic mass is 10.3. The normalized spacial score (nSPS) is 10.6. The monoisotopic (exact) mass is 291 g/mol. The molecular formula is C9H7Cl2N3S2. The fourth-order valence-electron chi connectivity index (χ4n) is 1.06. The first-order valence-electron chi connectivity index (χ1n) is 4.31. The van der Waals surface area contributed by atoms with Crippen LogP contribution < -0.4 is 5.73 Å². The molecule has 1 heterocycles. The molecule has 2 rings (SSSR count). The first kappa shape index (κ1) is 12.0. The molecular weight excluding hydrogens is 285 g/mol. The molecule has 0 spiro atoms. The number of aromatic nitrogens is 2. The molecule has 84 valence electrons. The van der Waals surface area contributed by atoms with Gasteiger partial charge in [-0.3, -0.25) is 0 Å². The van der Waals surface area contributed by atoms with E-state index in [-0.39, 0.29) is 0 Å². The van der Waals surface area contributed by atoms with Gasteiger partial charge in [0.1, 0.15) is 5.01 Å². The molecule has 0 aliphatic carbocycles. The second-order valence-corrected chi connectivity index (χ2v) is 6.02. The Morgan fingerprint density at radius 3 is 2.81 bits per heavy atom. The molecule has 3 nitrogen and oxygen atoms in total. The smallest absolute Gasteiger partial charge is 0.207 e. The van der Waals surface area contributed by atoms with Crippen LogP contribution >= 0.6 is 46.3 Å². The van der Waals surface area contributed by atoms with E-state index in [0.717, 1.165) is 9.90 Å². The number of rotatable bonds is 3. The fourth-order valence-corrected chi connectivity index (χ4v) is 3.16. The minimum atomic E-state index is 0.453. The Morgan fingerprint density at radius 1 is 1.31 bits per heavy atom. The predicted molar refractivity (Wildman–Crippen MR) is 70.3 cm³/mol. The molecule has 0 atom stereocenters. The molecule has 0 fully saturated rings. The predicted octanol–water partition coefficient (Wildman–Crippen LogP) is 3.72. The Kier molecular flexibility index (Phi) is 3.91. The molecule has 0 radical (unpaired) electrons. The van der Waals surface area contributed by atoms with Gasteiger partial charge in [-0.05, 0) is 29.8 Å². The van der Waals surface area contributed by atoms with E-state index in [1.807, 2.05) is 6.07 Å². The second-order valence-electron chi connectivity index (χ2n) is 2.92. The van der Waals surface area contributed by atoms with Gasteiger partial charge >= 0.3 is 0 Å². The van der Waals surface area contributed by atoms with E-state index in [1.54, 1.807) is 23.9 Å². The molecule has 1 aromatic carbocycles. The van der Waals surface area contributed by atoms with Crippen molar-refractivity contribution in [1.82, 2.24) is 10.2 Å². The van der Waals surface area contributed by atoms with Gasteiger partial charge < -0.3 is 5.73 Å². The van der Waals surface area contributed by atoms with Crippen LogP contribution in [0, 0.1) is 0 Å². The highest BCUT2D eigenvalue weighted by molar-refractivity contribution is 7.98. The Morgan fingerprint density at radius 2 is 2.12 bits per heavy atom. The van der Waals surface area contributed by atoms with Gasteiger partial charge in [0.2, 0.25) is 4.47 Å². The van der Waals surface area contributed by atoms with E-state index in [0.29, 0.717) is 20.9 Å². The lowest BCUT2D eigenvalue weighted by Crippen LogP contribution is -1.88. The maximum atomic E-state index is 5.89. The van der Waals surface area contributed by atoms with E-state index >= 15 is 0 Å². The number of hydrogen-bond donors (Lipinski definition) is 1. The number of nitrogens with two attached hydrogens (primary N) is 1. The number of nitrogens with zero attached hydrogens (tertiary/aromatic N) is 2. The van der Waals surface area contributed by atoms with E-state index < -0.39 is 0 Å². The van der Waals surface area contributed by atoms with Gasteiger partial charge in [0.15, 0.2) is 0 Å². The summed E-state index contributed by atoms with van der Waals surface area (Å²) in [6, 6.07) is 5.39. The van der Waals surface area contributed by atoms with Gasteiger partial charge in [-0.15, -0.1) is 22.0 Å². The standard InChI is InChI=1S/C9H7Cl2N3S2/c10-5-1-2-6(12)7(3-5)15-4-8-13-14-9(11)16-8/h1-3H,4,12H2. The fraction of sp³-hybridized carbons (Fsp3) is 0.111. The first-order chi connectivity index (χ1) is 7.65. The van der Waals surface area contributed by atoms with Crippen molar-refractivity contribution in [2.75, 3.05) is 5.73 Å². The lowest BCUT2D eigenvalue weighted by molar-refractivity contribution is 1.04. The Bertz CT molecular complexity index is 501. The number of anilines is 1. The lowest BCUT2D eigenvalue weighted by Gasteiger charge is -2.03. The summed E-state index contributed by atoms with van der Waals surface area (Å²) in [5, 5.41) is 9.20. The number of hydrogen-bond acceptors (Lipinski definition) is 5. The molecule has 0 saturated heterocycles. The van der Waals surface area contributed by atoms with Crippen molar-refractivity contribution < 1.29 is 0 Å². The number of halogens is 2. The molecule has 0 aliphatic rings. The summed E-state index contributed by atoms with van der Waals surface area (Å²) in [5.74, 6) is 0.689. The van der Waals surface area contributed by atoms with Crippen LogP contribution in [0.2, 0.25) is 9.49 Å². The van der Waals surface area contributed by atoms with Crippen molar-refractivity contribution in [1.29, 1.82) is 0 Å². The van der Waals surface area contributed by atoms with Crippen molar-refractivity contribution in [3.05, 3.63) is 32.7 Å². The molecule has 7 heteroatoms. The van der Waals surface area contributed by atoms with Crippen LogP contribution in [0.3, 0.4) is 0 Å². The van der Waals surface area contributed by atoms with Crippen LogP contribution in [-0.4, -0.2) is 10.2 Å². The van der Waals surface area contributed by atoms with Gasteiger partial charge in [0.05, 0.1) is 5.75 Å². The van der Waals surface area contributed by atoms with E-state index in [2.05, 4.69) is 10.2 Å². The van der Waals surface area contributed by atoms with Gasteiger partial charge in [0.25, 0.3) is 0 Å². The largest absolute Gasteiger partial charge is 0.398 e. The summed E-state index contributed by atoms with van der Waals surface area (Å²) in [6.45, 7) is 0. The molecule has 0 saturated carbocycles. The molecule has 2 aromatic rings. The van der Waals surface area contributed by atoms with Crippen molar-refractivity contribution in [2.45, 2.75) is 10.6 Å². The van der Waals surface area contributed by atoms with Crippen LogP contribution in [0.4, 0.5) is 5.69 Å². The topological polar surface area (TPSA) is 51.8 Å². The molecule has 2 N–H and O–H groups in total. The maximum absolute atomic E-state index is 5.89. The Labute approximate surface area is 111 Å². The minimum Gasteiger partial charge on any atom is -0.398 e. The average molecular weight is 292 g/mol. The summed E-state index contributed by atoms with van der Waals surface area (Å²) in [6.07, 6.45) is 0. The molecule has 16 heavy (non-hydrogen) atoms. The number of thioether (sulfide) groups is 1. The van der Waals surface area contributed by atoms with E-state index in [4.69, 9.17) is 28.9 Å². The molecule has 1 aromatic heterocycles. The van der Waals surface area contributed by atoms with Gasteiger partial charge in [-0.2, -0.15) is 0 Å². The van der Waals surface area contributed by atoms with Crippen molar-refractivity contribution in [3.63, 3.8) is 0 Å². The summed E-state index contributed by atoms with van der Waals surface area (Å²) < 4.78 is 0.453. The van der Waals surface area contributed by atoms with Gasteiger partial charge in [-0.1, -0.05) is 22.9 Å². The highest BCUT2D eigenvalue weighted by Crippen LogP contribution is 2.31. The zero-order valence-electron chi connectivity index (χ0n) is 7.98. The van der Waals surface area contributed by atoms with Crippen LogP contribution in [0.5, 0.6) is 0 Å². The number of nitrogen functional groups attached to an aromatic ring is 1. The minimum absolute atomic E-state index is 0.453. The van der Waals surface area contributed by atoms with Crippen molar-refractivity contribution >= 4 is 52.0 Å². The van der Waals surface area contributed by atoms with Crippen LogP contribution in [0.25, 0.3) is 0 Å². The number of benzene rings is 1. The summed E-state index contributed by atoms with van der Waals surface area (Å²) in [7, 11) is 0. The third-order valence-electron chi connectivity index (χ3n) is 1.77. The molecule has 0 amide bonds. The summed E-state index contributed by atoms with van der Waals surface area (Å²) in [4.78, 5) is 0.943. The SMILES string of the molecule is Nc1ccc(Cl)cc1SCc1nnc(Cl)s1. The van der Waals surface area contributed by atoms with Crippen LogP contribution in [0.15, 0.2) is 23.1 Å². The molecule has 0 aliphatic heterocycles. The zero-order chi connectivity index (χ0) is 11.5. The Balaban J connectivity index is 2.07. The van der Waals surface area contributed by atoms with Crippen molar-refractivity contribution in [2.24, 2.45) is 0 Å². The Hall–Kier alpha value is -0.490. The molecule has 0 bridgehead atoms. The summed E-state index contributed by atoms with van der Waals surface area (Å²) in [5.41, 5.74) is 6.53. The molecule has 0 unspecified atom stereocenters. The third-order valence-corrected chi connectivity index (χ3v) is 4.29.